The number of amides is 2. The first-order valence-corrected chi connectivity index (χ1v) is 8.75. The highest BCUT2D eigenvalue weighted by molar-refractivity contribution is 6.12. The number of Topliss-reactive ketones (excluding diaryl/α,β-unsaturated/α-hetero) is 1. The van der Waals surface area contributed by atoms with E-state index in [1.54, 1.807) is 43.3 Å². The maximum absolute atomic E-state index is 12.9. The summed E-state index contributed by atoms with van der Waals surface area (Å²) in [6.45, 7) is 3.28. The quantitative estimate of drug-likeness (QED) is 0.600. The third-order valence-electron chi connectivity index (χ3n) is 4.50. The van der Waals surface area contributed by atoms with Crippen LogP contribution in [0.15, 0.2) is 42.5 Å². The summed E-state index contributed by atoms with van der Waals surface area (Å²) in [5.74, 6) is -0.661. The van der Waals surface area contributed by atoms with E-state index in [1.165, 1.54) is 7.11 Å². The highest BCUT2D eigenvalue weighted by Crippen LogP contribution is 2.27. The van der Waals surface area contributed by atoms with Crippen molar-refractivity contribution in [3.05, 3.63) is 59.2 Å². The molecule has 1 aliphatic heterocycles. The Morgan fingerprint density at radius 2 is 1.93 bits per heavy atom. The summed E-state index contributed by atoms with van der Waals surface area (Å²) >= 11 is 0. The maximum Gasteiger partial charge on any atom is 0.270 e. The highest BCUT2D eigenvalue weighted by Gasteiger charge is 2.36. The lowest BCUT2D eigenvalue weighted by Crippen LogP contribution is -2.45. The van der Waals surface area contributed by atoms with Gasteiger partial charge in [0.15, 0.2) is 11.9 Å². The molecule has 0 spiro atoms. The van der Waals surface area contributed by atoms with Crippen molar-refractivity contribution in [2.75, 3.05) is 13.7 Å². The molecule has 1 unspecified atom stereocenters. The van der Waals surface area contributed by atoms with Gasteiger partial charge in [0.05, 0.1) is 24.8 Å². The Kier molecular flexibility index (Phi) is 5.26. The number of methoxy groups -OCH3 is 1. The van der Waals surface area contributed by atoms with E-state index in [9.17, 15) is 14.4 Å². The minimum absolute atomic E-state index is 0.269. The number of nitrogens with zero attached hydrogens (tertiary/aromatic N) is 1. The van der Waals surface area contributed by atoms with E-state index >= 15 is 0 Å². The highest BCUT2D eigenvalue weighted by atomic mass is 16.5. The number of fused-ring (bicyclic) bond motifs is 1. The molecule has 0 fully saturated rings. The molecule has 2 aromatic rings. The fourth-order valence-corrected chi connectivity index (χ4v) is 3.05. The lowest BCUT2D eigenvalue weighted by molar-refractivity contribution is -0.135. The monoisotopic (exact) mass is 367 g/mol. The van der Waals surface area contributed by atoms with Crippen molar-refractivity contribution in [2.45, 2.75) is 26.4 Å². The molecule has 0 bridgehead atoms. The number of hydrogen-bond donors (Lipinski definition) is 0. The molecule has 0 saturated heterocycles. The van der Waals surface area contributed by atoms with E-state index in [-0.39, 0.29) is 17.9 Å². The van der Waals surface area contributed by atoms with Gasteiger partial charge in [-0.25, -0.2) is 0 Å². The van der Waals surface area contributed by atoms with E-state index in [1.807, 2.05) is 13.0 Å². The molecule has 0 saturated carbocycles. The first-order valence-electron chi connectivity index (χ1n) is 8.75. The van der Waals surface area contributed by atoms with E-state index in [4.69, 9.17) is 9.47 Å². The molecule has 0 aliphatic carbocycles. The SMILES string of the molecule is CCC1Oc2ccccc2C(=O)N(CC(=O)c2cc(C)ccc2OC)C1=O. The molecule has 2 amide bonds. The van der Waals surface area contributed by atoms with Gasteiger partial charge < -0.3 is 9.47 Å². The van der Waals surface area contributed by atoms with Crippen LogP contribution in [-0.4, -0.2) is 42.3 Å². The molecule has 6 heteroatoms. The average molecular weight is 367 g/mol. The van der Waals surface area contributed by atoms with Gasteiger partial charge in [-0.1, -0.05) is 30.7 Å². The van der Waals surface area contributed by atoms with Crippen LogP contribution in [0.25, 0.3) is 0 Å². The summed E-state index contributed by atoms with van der Waals surface area (Å²) in [6.07, 6.45) is -0.427. The van der Waals surface area contributed by atoms with Crippen molar-refractivity contribution >= 4 is 17.6 Å². The summed E-state index contributed by atoms with van der Waals surface area (Å²) in [7, 11) is 1.47. The Balaban J connectivity index is 1.97. The van der Waals surface area contributed by atoms with Gasteiger partial charge in [0.2, 0.25) is 0 Å². The van der Waals surface area contributed by atoms with Gasteiger partial charge in [0, 0.05) is 0 Å². The van der Waals surface area contributed by atoms with Crippen molar-refractivity contribution in [3.63, 3.8) is 0 Å². The number of aryl methyl sites for hydroxylation is 1. The minimum Gasteiger partial charge on any atom is -0.496 e. The van der Waals surface area contributed by atoms with Crippen LogP contribution in [0.1, 0.15) is 39.6 Å². The molecule has 27 heavy (non-hydrogen) atoms. The smallest absolute Gasteiger partial charge is 0.270 e. The Bertz CT molecular complexity index is 905. The van der Waals surface area contributed by atoms with Crippen molar-refractivity contribution in [2.24, 2.45) is 0 Å². The Morgan fingerprint density at radius 1 is 1.19 bits per heavy atom. The van der Waals surface area contributed by atoms with Crippen LogP contribution in [-0.2, 0) is 4.79 Å². The number of carbonyl (C=O) groups excluding carboxylic acids is 3. The number of hydrogen-bond acceptors (Lipinski definition) is 5. The fraction of sp³-hybridized carbons (Fsp3) is 0.286. The average Bonchev–Trinajstić information content (AvgIpc) is 2.78. The van der Waals surface area contributed by atoms with Crippen molar-refractivity contribution in [1.29, 1.82) is 0 Å². The van der Waals surface area contributed by atoms with Crippen LogP contribution in [0.5, 0.6) is 11.5 Å². The minimum atomic E-state index is -0.815. The van der Waals surface area contributed by atoms with Crippen LogP contribution < -0.4 is 9.47 Å². The van der Waals surface area contributed by atoms with Crippen molar-refractivity contribution < 1.29 is 23.9 Å². The molecule has 0 aromatic heterocycles. The third-order valence-corrected chi connectivity index (χ3v) is 4.50. The molecule has 0 radical (unpaired) electrons. The zero-order chi connectivity index (χ0) is 19.6. The largest absolute Gasteiger partial charge is 0.496 e. The first-order chi connectivity index (χ1) is 13.0. The van der Waals surface area contributed by atoms with Gasteiger partial charge >= 0.3 is 0 Å². The summed E-state index contributed by atoms with van der Waals surface area (Å²) in [4.78, 5) is 39.6. The number of rotatable bonds is 5. The molecule has 140 valence electrons. The van der Waals surface area contributed by atoms with Crippen LogP contribution in [0.3, 0.4) is 0 Å². The van der Waals surface area contributed by atoms with Crippen LogP contribution >= 0.6 is 0 Å². The fourth-order valence-electron chi connectivity index (χ4n) is 3.05. The summed E-state index contributed by atoms with van der Waals surface area (Å²) in [5, 5.41) is 0. The molecular weight excluding hydrogens is 346 g/mol. The van der Waals surface area contributed by atoms with Crippen LogP contribution in [0.4, 0.5) is 0 Å². The summed E-state index contributed by atoms with van der Waals surface area (Å²) in [6, 6.07) is 11.9. The zero-order valence-corrected chi connectivity index (χ0v) is 15.5. The third kappa shape index (κ3) is 3.56. The Morgan fingerprint density at radius 3 is 2.63 bits per heavy atom. The van der Waals surface area contributed by atoms with Crippen LogP contribution in [0, 0.1) is 6.92 Å². The van der Waals surface area contributed by atoms with Gasteiger partial charge in [0.25, 0.3) is 11.8 Å². The number of carbonyl (C=O) groups is 3. The summed E-state index contributed by atoms with van der Waals surface area (Å²) in [5.41, 5.74) is 1.49. The standard InChI is InChI=1S/C21H21NO5/c1-4-17-21(25)22(20(24)14-7-5-6-8-19(14)27-17)12-16(23)15-11-13(2)9-10-18(15)26-3/h5-11,17H,4,12H2,1-3H3. The van der Waals surface area contributed by atoms with Gasteiger partial charge in [-0.2, -0.15) is 0 Å². The lowest BCUT2D eigenvalue weighted by Gasteiger charge is -2.21. The molecule has 3 rings (SSSR count). The van der Waals surface area contributed by atoms with Gasteiger partial charge in [-0.15, -0.1) is 0 Å². The lowest BCUT2D eigenvalue weighted by atomic mass is 10.1. The molecule has 1 heterocycles. The van der Waals surface area contributed by atoms with Gasteiger partial charge in [-0.3, -0.25) is 19.3 Å². The zero-order valence-electron chi connectivity index (χ0n) is 15.5. The number of ether oxygens (including phenoxy) is 2. The van der Waals surface area contributed by atoms with Gasteiger partial charge in [0.1, 0.15) is 11.5 Å². The number of benzene rings is 2. The molecule has 1 atom stereocenters. The predicted octanol–water partition coefficient (Wildman–Crippen LogP) is 3.03. The molecule has 1 aliphatic rings. The van der Waals surface area contributed by atoms with Crippen molar-refractivity contribution in [3.8, 4) is 11.5 Å². The van der Waals surface area contributed by atoms with Crippen LogP contribution in [0.2, 0.25) is 0 Å². The Hall–Kier alpha value is -3.15. The second kappa shape index (κ2) is 7.61. The van der Waals surface area contributed by atoms with E-state index < -0.39 is 17.9 Å². The molecule has 0 N–H and O–H groups in total. The maximum atomic E-state index is 12.9. The first kappa shape index (κ1) is 18.6. The normalized spacial score (nSPS) is 16.4. The van der Waals surface area contributed by atoms with Crippen molar-refractivity contribution in [1.82, 2.24) is 4.90 Å². The number of ketones is 1. The number of imide groups is 1. The van der Waals surface area contributed by atoms with E-state index in [2.05, 4.69) is 0 Å². The van der Waals surface area contributed by atoms with E-state index in [0.717, 1.165) is 10.5 Å². The molecule has 6 nitrogen and oxygen atoms in total. The predicted molar refractivity (Wildman–Crippen MR) is 99.3 cm³/mol. The van der Waals surface area contributed by atoms with Gasteiger partial charge in [-0.05, 0) is 37.6 Å². The number of para-hydroxylation sites is 1. The second-order valence-corrected chi connectivity index (χ2v) is 6.37. The summed E-state index contributed by atoms with van der Waals surface area (Å²) < 4.78 is 11.0. The van der Waals surface area contributed by atoms with E-state index in [0.29, 0.717) is 23.5 Å². The second-order valence-electron chi connectivity index (χ2n) is 6.37. The topological polar surface area (TPSA) is 72.9 Å². The molecular formula is C21H21NO5. The molecule has 2 aromatic carbocycles. The Labute approximate surface area is 157 Å².